The first-order valence-electron chi connectivity index (χ1n) is 11.0. The predicted octanol–water partition coefficient (Wildman–Crippen LogP) is 3.27. The van der Waals surface area contributed by atoms with Crippen molar-refractivity contribution in [3.8, 4) is 0 Å². The maximum Gasteiger partial charge on any atom is 0.191 e. The average molecular weight is 397 g/mol. The molecule has 1 aliphatic rings. The third kappa shape index (κ3) is 5.31. The molecule has 0 amide bonds. The van der Waals surface area contributed by atoms with E-state index in [4.69, 9.17) is 4.99 Å². The normalized spacial score (nSPS) is 17.4. The van der Waals surface area contributed by atoms with Crippen molar-refractivity contribution in [2.45, 2.75) is 59.0 Å². The summed E-state index contributed by atoms with van der Waals surface area (Å²) >= 11 is 0. The number of hydrogen-bond donors (Lipinski definition) is 2. The van der Waals surface area contributed by atoms with Gasteiger partial charge in [0, 0.05) is 49.7 Å². The summed E-state index contributed by atoms with van der Waals surface area (Å²) in [5.74, 6) is 0.903. The Hall–Kier alpha value is -2.50. The van der Waals surface area contributed by atoms with Crippen molar-refractivity contribution in [2.24, 2.45) is 12.0 Å². The Bertz CT molecular complexity index is 795. The minimum absolute atomic E-state index is 0.395. The van der Waals surface area contributed by atoms with E-state index in [0.29, 0.717) is 12.6 Å². The third-order valence-electron chi connectivity index (χ3n) is 5.65. The first-order chi connectivity index (χ1) is 14.2. The third-order valence-corrected chi connectivity index (χ3v) is 5.65. The Balaban J connectivity index is 1.70. The topological polar surface area (TPSA) is 57.5 Å². The fourth-order valence-corrected chi connectivity index (χ4v) is 4.21. The van der Waals surface area contributed by atoms with Crippen LogP contribution in [-0.2, 0) is 26.4 Å². The van der Waals surface area contributed by atoms with Gasteiger partial charge < -0.3 is 15.5 Å². The summed E-state index contributed by atoms with van der Waals surface area (Å²) in [6.45, 7) is 10.1. The first-order valence-corrected chi connectivity index (χ1v) is 11.0. The van der Waals surface area contributed by atoms with Gasteiger partial charge in [-0.25, -0.2) is 4.99 Å². The van der Waals surface area contributed by atoms with Crippen molar-refractivity contribution in [3.05, 3.63) is 47.3 Å². The van der Waals surface area contributed by atoms with E-state index in [2.05, 4.69) is 71.7 Å². The zero-order chi connectivity index (χ0) is 20.6. The number of aryl methyl sites for hydroxylation is 2. The van der Waals surface area contributed by atoms with Gasteiger partial charge in [-0.1, -0.05) is 32.0 Å². The highest BCUT2D eigenvalue weighted by molar-refractivity contribution is 5.80. The fourth-order valence-electron chi connectivity index (χ4n) is 4.21. The summed E-state index contributed by atoms with van der Waals surface area (Å²) in [7, 11) is 2.04. The molecule has 1 unspecified atom stereocenters. The number of aliphatic imine (C=N–C) groups is 1. The Morgan fingerprint density at radius 2 is 1.97 bits per heavy atom. The van der Waals surface area contributed by atoms with Crippen LogP contribution in [0.4, 0.5) is 5.69 Å². The number of nitrogens with one attached hydrogen (secondary N) is 2. The van der Waals surface area contributed by atoms with E-state index in [-0.39, 0.29) is 0 Å². The molecule has 0 bridgehead atoms. The van der Waals surface area contributed by atoms with Gasteiger partial charge in [0.05, 0.1) is 12.2 Å². The second kappa shape index (κ2) is 10.3. The number of aromatic nitrogens is 2. The molecular formula is C23H36N6. The van der Waals surface area contributed by atoms with Crippen LogP contribution in [0.5, 0.6) is 0 Å². The number of piperidine rings is 1. The molecule has 29 heavy (non-hydrogen) atoms. The zero-order valence-electron chi connectivity index (χ0n) is 18.4. The quantitative estimate of drug-likeness (QED) is 0.557. The molecule has 158 valence electrons. The number of hydrogen-bond acceptors (Lipinski definition) is 3. The van der Waals surface area contributed by atoms with Crippen LogP contribution in [0.1, 0.15) is 50.6 Å². The molecule has 1 aromatic carbocycles. The Kier molecular flexibility index (Phi) is 7.55. The molecule has 0 radical (unpaired) electrons. The molecule has 6 nitrogen and oxygen atoms in total. The summed E-state index contributed by atoms with van der Waals surface area (Å²) in [5, 5.41) is 11.8. The maximum absolute atomic E-state index is 4.93. The molecule has 2 aromatic rings. The van der Waals surface area contributed by atoms with Gasteiger partial charge in [0.1, 0.15) is 0 Å². The second-order valence-electron chi connectivity index (χ2n) is 7.66. The summed E-state index contributed by atoms with van der Waals surface area (Å²) in [6, 6.07) is 11.1. The zero-order valence-corrected chi connectivity index (χ0v) is 18.4. The van der Waals surface area contributed by atoms with Gasteiger partial charge in [0.25, 0.3) is 0 Å². The Morgan fingerprint density at radius 3 is 2.66 bits per heavy atom. The summed E-state index contributed by atoms with van der Waals surface area (Å²) in [4.78, 5) is 7.40. The first kappa shape index (κ1) is 21.2. The van der Waals surface area contributed by atoms with Crippen LogP contribution in [0, 0.1) is 0 Å². The summed E-state index contributed by atoms with van der Waals surface area (Å²) in [6.07, 6.45) is 4.28. The molecule has 1 fully saturated rings. The van der Waals surface area contributed by atoms with E-state index in [1.807, 2.05) is 11.7 Å². The smallest absolute Gasteiger partial charge is 0.191 e. The van der Waals surface area contributed by atoms with Crippen molar-refractivity contribution < 1.29 is 0 Å². The molecule has 1 aliphatic heterocycles. The van der Waals surface area contributed by atoms with Gasteiger partial charge in [0.15, 0.2) is 5.96 Å². The van der Waals surface area contributed by atoms with Gasteiger partial charge in [-0.3, -0.25) is 4.68 Å². The molecule has 0 aliphatic carbocycles. The van der Waals surface area contributed by atoms with Crippen molar-refractivity contribution >= 4 is 11.6 Å². The standard InChI is InChI=1S/C23H36N6/c1-5-21-20(22(6-2)28(4)27-21)16-25-23(24-7-3)26-18-12-11-15-29(17-18)19-13-9-8-10-14-19/h8-10,13-14,18H,5-7,11-12,15-17H2,1-4H3,(H2,24,25,26). The lowest BCUT2D eigenvalue weighted by Gasteiger charge is -2.35. The molecular weight excluding hydrogens is 360 g/mol. The number of guanidine groups is 1. The minimum atomic E-state index is 0.395. The molecule has 1 atom stereocenters. The summed E-state index contributed by atoms with van der Waals surface area (Å²) < 4.78 is 2.02. The van der Waals surface area contributed by atoms with Crippen LogP contribution in [0.15, 0.2) is 35.3 Å². The van der Waals surface area contributed by atoms with Crippen LogP contribution >= 0.6 is 0 Å². The predicted molar refractivity (Wildman–Crippen MR) is 122 cm³/mol. The monoisotopic (exact) mass is 396 g/mol. The van der Waals surface area contributed by atoms with Gasteiger partial charge in [-0.05, 0) is 44.7 Å². The number of anilines is 1. The lowest BCUT2D eigenvalue weighted by molar-refractivity contribution is 0.468. The van der Waals surface area contributed by atoms with Gasteiger partial charge in [-0.15, -0.1) is 0 Å². The molecule has 1 aromatic heterocycles. The molecule has 0 saturated carbocycles. The molecule has 2 heterocycles. The largest absolute Gasteiger partial charge is 0.369 e. The number of para-hydroxylation sites is 1. The van der Waals surface area contributed by atoms with Crippen LogP contribution in [0.3, 0.4) is 0 Å². The highest BCUT2D eigenvalue weighted by atomic mass is 15.3. The maximum atomic E-state index is 4.93. The fraction of sp³-hybridized carbons (Fsp3) is 0.565. The van der Waals surface area contributed by atoms with Crippen LogP contribution in [-0.4, -0.2) is 41.4 Å². The summed E-state index contributed by atoms with van der Waals surface area (Å²) in [5.41, 5.74) is 5.03. The van der Waals surface area contributed by atoms with Crippen molar-refractivity contribution in [1.29, 1.82) is 0 Å². The number of benzene rings is 1. The van der Waals surface area contributed by atoms with Crippen LogP contribution in [0.25, 0.3) is 0 Å². The number of nitrogens with zero attached hydrogens (tertiary/aromatic N) is 4. The Morgan fingerprint density at radius 1 is 1.17 bits per heavy atom. The highest BCUT2D eigenvalue weighted by Gasteiger charge is 2.21. The molecule has 2 N–H and O–H groups in total. The average Bonchev–Trinajstić information content (AvgIpc) is 3.07. The van der Waals surface area contributed by atoms with E-state index in [1.165, 1.54) is 29.8 Å². The van der Waals surface area contributed by atoms with E-state index in [1.54, 1.807) is 0 Å². The van der Waals surface area contributed by atoms with Gasteiger partial charge >= 0.3 is 0 Å². The highest BCUT2D eigenvalue weighted by Crippen LogP contribution is 2.20. The van der Waals surface area contributed by atoms with E-state index < -0.39 is 0 Å². The van der Waals surface area contributed by atoms with E-state index >= 15 is 0 Å². The van der Waals surface area contributed by atoms with Gasteiger partial charge in [-0.2, -0.15) is 5.10 Å². The van der Waals surface area contributed by atoms with E-state index in [0.717, 1.165) is 44.1 Å². The van der Waals surface area contributed by atoms with Crippen molar-refractivity contribution in [2.75, 3.05) is 24.5 Å². The van der Waals surface area contributed by atoms with Crippen LogP contribution < -0.4 is 15.5 Å². The SMILES string of the molecule is CCNC(=NCc1c(CC)nn(C)c1CC)NC1CCCN(c2ccccc2)C1. The molecule has 6 heteroatoms. The van der Waals surface area contributed by atoms with Gasteiger partial charge in [0.2, 0.25) is 0 Å². The lowest BCUT2D eigenvalue weighted by atomic mass is 10.0. The minimum Gasteiger partial charge on any atom is -0.369 e. The molecule has 3 rings (SSSR count). The lowest BCUT2D eigenvalue weighted by Crippen LogP contribution is -2.51. The Labute approximate surface area is 175 Å². The molecule has 0 spiro atoms. The van der Waals surface area contributed by atoms with Crippen LogP contribution in [0.2, 0.25) is 0 Å². The number of rotatable bonds is 7. The second-order valence-corrected chi connectivity index (χ2v) is 7.66. The van der Waals surface area contributed by atoms with Crippen molar-refractivity contribution in [1.82, 2.24) is 20.4 Å². The van der Waals surface area contributed by atoms with E-state index in [9.17, 15) is 0 Å². The molecule has 1 saturated heterocycles. The van der Waals surface area contributed by atoms with Crippen molar-refractivity contribution in [3.63, 3.8) is 0 Å².